The van der Waals surface area contributed by atoms with Gasteiger partial charge in [0.25, 0.3) is 0 Å². The SMILES string of the molecule is CCCCC(=O)NCC[C@H](NC(=O)C(C)(C)CC)C(=O)O. The Balaban J connectivity index is 4.30. The number of aliphatic carboxylic acids is 1. The summed E-state index contributed by atoms with van der Waals surface area (Å²) in [5.41, 5.74) is -0.599. The summed E-state index contributed by atoms with van der Waals surface area (Å²) in [7, 11) is 0. The maximum absolute atomic E-state index is 12.0. The Morgan fingerprint density at radius 3 is 2.29 bits per heavy atom. The number of rotatable bonds is 10. The molecule has 0 rings (SSSR count). The Hall–Kier alpha value is -1.59. The first-order valence-electron chi connectivity index (χ1n) is 7.55. The zero-order valence-electron chi connectivity index (χ0n) is 13.5. The van der Waals surface area contributed by atoms with Crippen LogP contribution in [0.1, 0.15) is 59.8 Å². The van der Waals surface area contributed by atoms with Gasteiger partial charge in [0.05, 0.1) is 0 Å². The van der Waals surface area contributed by atoms with Crippen molar-refractivity contribution in [2.24, 2.45) is 5.41 Å². The predicted molar refractivity (Wildman–Crippen MR) is 80.8 cm³/mol. The van der Waals surface area contributed by atoms with Crippen LogP contribution in [0.3, 0.4) is 0 Å². The summed E-state index contributed by atoms with van der Waals surface area (Å²) < 4.78 is 0. The van der Waals surface area contributed by atoms with E-state index in [1.54, 1.807) is 13.8 Å². The van der Waals surface area contributed by atoms with Crippen LogP contribution in [0.2, 0.25) is 0 Å². The van der Waals surface area contributed by atoms with Gasteiger partial charge < -0.3 is 15.7 Å². The zero-order valence-corrected chi connectivity index (χ0v) is 13.5. The average molecular weight is 300 g/mol. The Morgan fingerprint density at radius 1 is 1.19 bits per heavy atom. The molecule has 0 aromatic heterocycles. The summed E-state index contributed by atoms with van der Waals surface area (Å²) in [4.78, 5) is 34.6. The Morgan fingerprint density at radius 2 is 1.81 bits per heavy atom. The standard InChI is InChI=1S/C15H28N2O4/c1-5-7-8-12(18)16-10-9-11(13(19)20)17-14(21)15(3,4)6-2/h11H,5-10H2,1-4H3,(H,16,18)(H,17,21)(H,19,20)/t11-/m0/s1. The lowest BCUT2D eigenvalue weighted by molar-refractivity contribution is -0.143. The van der Waals surface area contributed by atoms with Crippen LogP contribution in [-0.4, -0.2) is 35.5 Å². The van der Waals surface area contributed by atoms with Crippen LogP contribution in [0.5, 0.6) is 0 Å². The molecule has 0 unspecified atom stereocenters. The Labute approximate surface area is 126 Å². The van der Waals surface area contributed by atoms with Crippen LogP contribution in [0.15, 0.2) is 0 Å². The van der Waals surface area contributed by atoms with Gasteiger partial charge >= 0.3 is 5.97 Å². The van der Waals surface area contributed by atoms with Crippen molar-refractivity contribution in [2.75, 3.05) is 6.54 Å². The molecule has 2 amide bonds. The first-order chi connectivity index (χ1) is 9.74. The van der Waals surface area contributed by atoms with Crippen molar-refractivity contribution in [1.82, 2.24) is 10.6 Å². The van der Waals surface area contributed by atoms with Crippen molar-refractivity contribution in [3.8, 4) is 0 Å². The van der Waals surface area contributed by atoms with Gasteiger partial charge in [-0.3, -0.25) is 9.59 Å². The highest BCUT2D eigenvalue weighted by Crippen LogP contribution is 2.19. The van der Waals surface area contributed by atoms with E-state index >= 15 is 0 Å². The second-order valence-electron chi connectivity index (χ2n) is 5.84. The maximum atomic E-state index is 12.0. The van der Waals surface area contributed by atoms with Gasteiger partial charge in [0.15, 0.2) is 0 Å². The minimum absolute atomic E-state index is 0.0822. The third kappa shape index (κ3) is 7.68. The van der Waals surface area contributed by atoms with Crippen LogP contribution in [0, 0.1) is 5.41 Å². The molecule has 3 N–H and O–H groups in total. The number of hydrogen-bond acceptors (Lipinski definition) is 3. The lowest BCUT2D eigenvalue weighted by Gasteiger charge is -2.24. The van der Waals surface area contributed by atoms with E-state index in [1.165, 1.54) is 0 Å². The van der Waals surface area contributed by atoms with E-state index in [0.29, 0.717) is 12.8 Å². The van der Waals surface area contributed by atoms with Gasteiger partial charge in [0.2, 0.25) is 11.8 Å². The number of carbonyl (C=O) groups is 3. The number of carboxylic acids is 1. The van der Waals surface area contributed by atoms with E-state index in [2.05, 4.69) is 10.6 Å². The predicted octanol–water partition coefficient (Wildman–Crippen LogP) is 1.69. The normalized spacial score (nSPS) is 12.6. The van der Waals surface area contributed by atoms with Gasteiger partial charge in [-0.2, -0.15) is 0 Å². The molecule has 0 bridgehead atoms. The summed E-state index contributed by atoms with van der Waals surface area (Å²) in [6.45, 7) is 7.66. The minimum Gasteiger partial charge on any atom is -0.480 e. The van der Waals surface area contributed by atoms with E-state index in [1.807, 2.05) is 13.8 Å². The van der Waals surface area contributed by atoms with Crippen LogP contribution in [-0.2, 0) is 14.4 Å². The first kappa shape index (κ1) is 19.4. The average Bonchev–Trinajstić information content (AvgIpc) is 2.43. The fourth-order valence-corrected chi connectivity index (χ4v) is 1.55. The number of amides is 2. The molecule has 1 atom stereocenters. The van der Waals surface area contributed by atoms with Crippen molar-refractivity contribution in [1.29, 1.82) is 0 Å². The lowest BCUT2D eigenvalue weighted by atomic mass is 9.89. The summed E-state index contributed by atoms with van der Waals surface area (Å²) >= 11 is 0. The van der Waals surface area contributed by atoms with Crippen molar-refractivity contribution in [3.05, 3.63) is 0 Å². The van der Waals surface area contributed by atoms with E-state index in [-0.39, 0.29) is 24.8 Å². The molecule has 0 spiro atoms. The van der Waals surface area contributed by atoms with Gasteiger partial charge in [-0.15, -0.1) is 0 Å². The van der Waals surface area contributed by atoms with E-state index < -0.39 is 17.4 Å². The summed E-state index contributed by atoms with van der Waals surface area (Å²) in [5.74, 6) is -1.45. The van der Waals surface area contributed by atoms with E-state index in [4.69, 9.17) is 5.11 Å². The third-order valence-corrected chi connectivity index (χ3v) is 3.61. The number of hydrogen-bond donors (Lipinski definition) is 3. The quantitative estimate of drug-likeness (QED) is 0.572. The van der Waals surface area contributed by atoms with Crippen LogP contribution < -0.4 is 10.6 Å². The van der Waals surface area contributed by atoms with Gasteiger partial charge in [-0.25, -0.2) is 4.79 Å². The molecule has 6 nitrogen and oxygen atoms in total. The molecule has 0 saturated heterocycles. The zero-order chi connectivity index (χ0) is 16.5. The van der Waals surface area contributed by atoms with Crippen LogP contribution in [0.4, 0.5) is 0 Å². The Bertz CT molecular complexity index is 367. The number of carbonyl (C=O) groups excluding carboxylic acids is 2. The fraction of sp³-hybridized carbons (Fsp3) is 0.800. The number of nitrogens with one attached hydrogen (secondary N) is 2. The Kier molecular flexibility index (Phi) is 8.66. The van der Waals surface area contributed by atoms with Gasteiger partial charge in [-0.05, 0) is 19.3 Å². The summed E-state index contributed by atoms with van der Waals surface area (Å²) in [6.07, 6.45) is 3.00. The monoisotopic (exact) mass is 300 g/mol. The molecule has 122 valence electrons. The summed E-state index contributed by atoms with van der Waals surface area (Å²) in [6, 6.07) is -0.977. The molecule has 0 aromatic carbocycles. The van der Waals surface area contributed by atoms with Crippen molar-refractivity contribution in [3.63, 3.8) is 0 Å². The molecule has 0 aliphatic rings. The third-order valence-electron chi connectivity index (χ3n) is 3.61. The smallest absolute Gasteiger partial charge is 0.326 e. The molecule has 0 radical (unpaired) electrons. The highest BCUT2D eigenvalue weighted by molar-refractivity contribution is 5.86. The molecular formula is C15H28N2O4. The van der Waals surface area contributed by atoms with Crippen LogP contribution in [0.25, 0.3) is 0 Å². The fourth-order valence-electron chi connectivity index (χ4n) is 1.55. The molecule has 0 aromatic rings. The molecule has 0 saturated carbocycles. The topological polar surface area (TPSA) is 95.5 Å². The molecule has 0 heterocycles. The van der Waals surface area contributed by atoms with Gasteiger partial charge in [0.1, 0.15) is 6.04 Å². The molecular weight excluding hydrogens is 272 g/mol. The second kappa shape index (κ2) is 9.37. The first-order valence-corrected chi connectivity index (χ1v) is 7.55. The van der Waals surface area contributed by atoms with Gasteiger partial charge in [-0.1, -0.05) is 34.1 Å². The molecule has 21 heavy (non-hydrogen) atoms. The van der Waals surface area contributed by atoms with E-state index in [9.17, 15) is 14.4 Å². The molecule has 0 aliphatic carbocycles. The molecule has 0 aliphatic heterocycles. The van der Waals surface area contributed by atoms with Crippen LogP contribution >= 0.6 is 0 Å². The molecule has 0 fully saturated rings. The van der Waals surface area contributed by atoms with Crippen molar-refractivity contribution in [2.45, 2.75) is 65.8 Å². The second-order valence-corrected chi connectivity index (χ2v) is 5.84. The molecule has 6 heteroatoms. The highest BCUT2D eigenvalue weighted by Gasteiger charge is 2.29. The van der Waals surface area contributed by atoms with Gasteiger partial charge in [0, 0.05) is 18.4 Å². The van der Waals surface area contributed by atoms with Crippen molar-refractivity contribution < 1.29 is 19.5 Å². The van der Waals surface area contributed by atoms with Crippen molar-refractivity contribution >= 4 is 17.8 Å². The summed E-state index contributed by atoms with van der Waals surface area (Å²) in [5, 5.41) is 14.3. The maximum Gasteiger partial charge on any atom is 0.326 e. The number of carboxylic acid groups (broad SMARTS) is 1. The minimum atomic E-state index is -1.09. The highest BCUT2D eigenvalue weighted by atomic mass is 16.4. The lowest BCUT2D eigenvalue weighted by Crippen LogP contribution is -2.47. The largest absolute Gasteiger partial charge is 0.480 e. The number of unbranched alkanes of at least 4 members (excludes halogenated alkanes) is 1. The van der Waals surface area contributed by atoms with E-state index in [0.717, 1.165) is 12.8 Å².